The van der Waals surface area contributed by atoms with E-state index in [0.29, 0.717) is 21.3 Å². The van der Waals surface area contributed by atoms with Gasteiger partial charge in [-0.2, -0.15) is 4.99 Å². The van der Waals surface area contributed by atoms with Crippen LogP contribution in [0, 0.1) is 0 Å². The number of sulfone groups is 1. The van der Waals surface area contributed by atoms with Gasteiger partial charge in [-0.3, -0.25) is 9.59 Å². The molecule has 35 heavy (non-hydrogen) atoms. The summed E-state index contributed by atoms with van der Waals surface area (Å²) in [5, 5.41) is 0. The summed E-state index contributed by atoms with van der Waals surface area (Å²) < 4.78 is 37.1. The Morgan fingerprint density at radius 1 is 1.00 bits per heavy atom. The summed E-state index contributed by atoms with van der Waals surface area (Å²) in [4.78, 5) is 41.1. The second-order valence-electron chi connectivity index (χ2n) is 7.51. The summed E-state index contributed by atoms with van der Waals surface area (Å²) in [6.45, 7) is 3.62. The van der Waals surface area contributed by atoms with Crippen molar-refractivity contribution in [3.63, 3.8) is 0 Å². The molecule has 0 saturated carbocycles. The summed E-state index contributed by atoms with van der Waals surface area (Å²) in [5.41, 5.74) is 1.55. The van der Waals surface area contributed by atoms with Crippen LogP contribution in [-0.2, 0) is 41.2 Å². The van der Waals surface area contributed by atoms with E-state index >= 15 is 0 Å². The summed E-state index contributed by atoms with van der Waals surface area (Å²) in [7, 11) is -3.51. The molecule has 0 spiro atoms. The highest BCUT2D eigenvalue weighted by Crippen LogP contribution is 2.20. The topological polar surface area (TPSA) is 121 Å². The van der Waals surface area contributed by atoms with E-state index < -0.39 is 27.7 Å². The van der Waals surface area contributed by atoms with Gasteiger partial charge < -0.3 is 14.0 Å². The van der Waals surface area contributed by atoms with Crippen molar-refractivity contribution in [3.8, 4) is 0 Å². The third kappa shape index (κ3) is 7.33. The minimum atomic E-state index is -3.51. The molecule has 1 heterocycles. The maximum Gasteiger partial charge on any atom is 0.338 e. The predicted octanol–water partition coefficient (Wildman–Crippen LogP) is 2.88. The Bertz CT molecular complexity index is 1390. The minimum absolute atomic E-state index is 0.163. The minimum Gasteiger partial charge on any atom is -0.465 e. The van der Waals surface area contributed by atoms with E-state index in [1.807, 2.05) is 0 Å². The highest BCUT2D eigenvalue weighted by molar-refractivity contribution is 7.90. The van der Waals surface area contributed by atoms with Crippen LogP contribution in [0.15, 0.2) is 53.5 Å². The first-order valence-electron chi connectivity index (χ1n) is 11.0. The molecule has 0 atom stereocenters. The van der Waals surface area contributed by atoms with Crippen LogP contribution in [0.3, 0.4) is 0 Å². The van der Waals surface area contributed by atoms with Crippen molar-refractivity contribution >= 4 is 49.2 Å². The standard InChI is InChI=1S/C24H26N2O7S2/c1-3-32-22(28)15-26-19-11-10-18(23(29)33-4-2)14-20(19)34-24(26)25-21(27)12-13-35(30,31)16-17-8-6-5-7-9-17/h5-11,14H,3-4,12-13,15-16H2,1-2H3. The van der Waals surface area contributed by atoms with Gasteiger partial charge >= 0.3 is 11.9 Å². The number of nitrogens with zero attached hydrogens (tertiary/aromatic N) is 2. The highest BCUT2D eigenvalue weighted by atomic mass is 32.2. The molecular formula is C24H26N2O7S2. The van der Waals surface area contributed by atoms with Gasteiger partial charge in [-0.05, 0) is 37.6 Å². The lowest BCUT2D eigenvalue weighted by Crippen LogP contribution is -2.23. The molecule has 0 bridgehead atoms. The Hall–Kier alpha value is -3.31. The van der Waals surface area contributed by atoms with E-state index in [0.717, 1.165) is 11.3 Å². The van der Waals surface area contributed by atoms with E-state index in [1.165, 1.54) is 4.57 Å². The molecule has 186 valence electrons. The summed E-state index contributed by atoms with van der Waals surface area (Å²) in [6.07, 6.45) is -0.295. The normalized spacial score (nSPS) is 12.0. The van der Waals surface area contributed by atoms with Gasteiger partial charge in [-0.1, -0.05) is 41.7 Å². The average molecular weight is 519 g/mol. The predicted molar refractivity (Wildman–Crippen MR) is 132 cm³/mol. The SMILES string of the molecule is CCOC(=O)Cn1c(=NC(=O)CCS(=O)(=O)Cc2ccccc2)sc2cc(C(=O)OCC)ccc21. The number of aromatic nitrogens is 1. The number of carbonyl (C=O) groups excluding carboxylic acids is 3. The van der Waals surface area contributed by atoms with Crippen molar-refractivity contribution in [2.24, 2.45) is 4.99 Å². The van der Waals surface area contributed by atoms with Gasteiger partial charge in [0.15, 0.2) is 14.6 Å². The zero-order valence-electron chi connectivity index (χ0n) is 19.4. The first kappa shape index (κ1) is 26.3. The lowest BCUT2D eigenvalue weighted by molar-refractivity contribution is -0.143. The largest absolute Gasteiger partial charge is 0.465 e. The molecule has 0 N–H and O–H groups in total. The van der Waals surface area contributed by atoms with Gasteiger partial charge in [0.05, 0.1) is 40.5 Å². The number of fused-ring (bicyclic) bond motifs is 1. The maximum atomic E-state index is 12.6. The number of carbonyl (C=O) groups is 3. The fourth-order valence-corrected chi connectivity index (χ4v) is 5.71. The Kier molecular flexibility index (Phi) is 8.94. The summed E-state index contributed by atoms with van der Waals surface area (Å²) in [5.74, 6) is -2.14. The zero-order valence-corrected chi connectivity index (χ0v) is 21.1. The molecule has 0 aliphatic rings. The average Bonchev–Trinajstić information content (AvgIpc) is 3.14. The van der Waals surface area contributed by atoms with Crippen LogP contribution < -0.4 is 4.80 Å². The summed E-state index contributed by atoms with van der Waals surface area (Å²) in [6, 6.07) is 13.5. The Morgan fingerprint density at radius 3 is 2.40 bits per heavy atom. The molecule has 9 nitrogen and oxygen atoms in total. The molecule has 1 amide bonds. The second kappa shape index (κ2) is 11.9. The molecule has 2 aromatic carbocycles. The molecule has 1 aromatic heterocycles. The van der Waals surface area contributed by atoms with Gasteiger partial charge in [0.25, 0.3) is 0 Å². The van der Waals surface area contributed by atoms with Crippen LogP contribution in [-0.4, -0.2) is 49.8 Å². The highest BCUT2D eigenvalue weighted by Gasteiger charge is 2.17. The zero-order chi connectivity index (χ0) is 25.4. The number of esters is 2. The fraction of sp³-hybridized carbons (Fsp3) is 0.333. The monoisotopic (exact) mass is 518 g/mol. The van der Waals surface area contributed by atoms with Crippen molar-refractivity contribution in [3.05, 3.63) is 64.5 Å². The molecule has 0 aliphatic carbocycles. The molecule has 0 aliphatic heterocycles. The first-order chi connectivity index (χ1) is 16.7. The summed E-state index contributed by atoms with van der Waals surface area (Å²) >= 11 is 1.11. The number of hydrogen-bond acceptors (Lipinski definition) is 8. The number of ether oxygens (including phenoxy) is 2. The number of benzene rings is 2. The van der Waals surface area contributed by atoms with E-state index in [1.54, 1.807) is 62.4 Å². The van der Waals surface area contributed by atoms with Gasteiger partial charge in [-0.25, -0.2) is 13.2 Å². The van der Waals surface area contributed by atoms with Crippen molar-refractivity contribution in [2.45, 2.75) is 32.6 Å². The molecule has 0 unspecified atom stereocenters. The van der Waals surface area contributed by atoms with Crippen LogP contribution in [0.1, 0.15) is 36.2 Å². The van der Waals surface area contributed by atoms with Crippen LogP contribution in [0.5, 0.6) is 0 Å². The van der Waals surface area contributed by atoms with Crippen LogP contribution in [0.4, 0.5) is 0 Å². The smallest absolute Gasteiger partial charge is 0.338 e. The van der Waals surface area contributed by atoms with Crippen LogP contribution in [0.25, 0.3) is 10.2 Å². The molecular weight excluding hydrogens is 492 g/mol. The Balaban J connectivity index is 1.87. The van der Waals surface area contributed by atoms with Gasteiger partial charge in [0.1, 0.15) is 6.54 Å². The van der Waals surface area contributed by atoms with Crippen molar-refractivity contribution < 1.29 is 32.3 Å². The van der Waals surface area contributed by atoms with E-state index in [9.17, 15) is 22.8 Å². The first-order valence-corrected chi connectivity index (χ1v) is 13.6. The number of amides is 1. The Labute approximate surface area is 206 Å². The quantitative estimate of drug-likeness (QED) is 0.378. The molecule has 3 rings (SSSR count). The number of rotatable bonds is 10. The molecule has 0 saturated heterocycles. The van der Waals surface area contributed by atoms with E-state index in [-0.39, 0.29) is 42.5 Å². The molecule has 0 fully saturated rings. The number of hydrogen-bond donors (Lipinski definition) is 0. The Morgan fingerprint density at radius 2 is 1.71 bits per heavy atom. The van der Waals surface area contributed by atoms with Crippen LogP contribution in [0.2, 0.25) is 0 Å². The molecule has 3 aromatic rings. The second-order valence-corrected chi connectivity index (χ2v) is 10.7. The van der Waals surface area contributed by atoms with Crippen molar-refractivity contribution in [1.82, 2.24) is 4.57 Å². The molecule has 0 radical (unpaired) electrons. The van der Waals surface area contributed by atoms with E-state index in [4.69, 9.17) is 9.47 Å². The lowest BCUT2D eigenvalue weighted by atomic mass is 10.2. The lowest BCUT2D eigenvalue weighted by Gasteiger charge is -2.06. The van der Waals surface area contributed by atoms with E-state index in [2.05, 4.69) is 4.99 Å². The van der Waals surface area contributed by atoms with Crippen molar-refractivity contribution in [1.29, 1.82) is 0 Å². The van der Waals surface area contributed by atoms with Gasteiger partial charge in [-0.15, -0.1) is 0 Å². The molecule has 11 heteroatoms. The maximum absolute atomic E-state index is 12.6. The number of thiazole rings is 1. The van der Waals surface area contributed by atoms with Gasteiger partial charge in [0.2, 0.25) is 5.91 Å². The van der Waals surface area contributed by atoms with Crippen LogP contribution >= 0.6 is 11.3 Å². The third-order valence-corrected chi connectivity index (χ3v) is 7.50. The fourth-order valence-electron chi connectivity index (χ4n) is 3.29. The third-order valence-electron chi connectivity index (χ3n) is 4.86. The van der Waals surface area contributed by atoms with Gasteiger partial charge in [0, 0.05) is 6.42 Å². The van der Waals surface area contributed by atoms with Crippen molar-refractivity contribution in [2.75, 3.05) is 19.0 Å².